The van der Waals surface area contributed by atoms with Crippen LogP contribution in [-0.2, 0) is 11.3 Å². The Bertz CT molecular complexity index is 914. The summed E-state index contributed by atoms with van der Waals surface area (Å²) in [4.78, 5) is 12.0. The van der Waals surface area contributed by atoms with Crippen LogP contribution < -0.4 is 10.6 Å². The zero-order valence-corrected chi connectivity index (χ0v) is 14.4. The lowest BCUT2D eigenvalue weighted by Crippen LogP contribution is -2.37. The van der Waals surface area contributed by atoms with Crippen LogP contribution >= 0.6 is 12.2 Å². The first-order chi connectivity index (χ1) is 12.2. The van der Waals surface area contributed by atoms with Crippen LogP contribution in [0.25, 0.3) is 16.8 Å². The zero-order valence-electron chi connectivity index (χ0n) is 13.6. The standard InChI is InChI=1S/C21H18N2OS/c24-20(23-21(25)22-15-16-7-2-1-3-8-16)14-13-18-11-6-10-17-9-4-5-12-19(17)18/h1-14H,15H2,(H2,22,23,24,25)/b14-13+. The fourth-order valence-electron chi connectivity index (χ4n) is 2.54. The van der Waals surface area contributed by atoms with E-state index < -0.39 is 0 Å². The smallest absolute Gasteiger partial charge is 0.250 e. The van der Waals surface area contributed by atoms with Gasteiger partial charge < -0.3 is 5.32 Å². The highest BCUT2D eigenvalue weighted by Crippen LogP contribution is 2.19. The van der Waals surface area contributed by atoms with Crippen molar-refractivity contribution in [3.05, 3.63) is 90.0 Å². The second-order valence-corrected chi connectivity index (χ2v) is 5.97. The topological polar surface area (TPSA) is 41.1 Å². The molecule has 0 heterocycles. The molecule has 0 aromatic heterocycles. The van der Waals surface area contributed by atoms with Gasteiger partial charge in [0.05, 0.1) is 0 Å². The number of hydrogen-bond acceptors (Lipinski definition) is 2. The highest BCUT2D eigenvalue weighted by molar-refractivity contribution is 7.80. The van der Waals surface area contributed by atoms with Crippen LogP contribution in [0.4, 0.5) is 0 Å². The Hall–Kier alpha value is -2.98. The van der Waals surface area contributed by atoms with Gasteiger partial charge >= 0.3 is 0 Å². The van der Waals surface area contributed by atoms with Crippen molar-refractivity contribution in [3.63, 3.8) is 0 Å². The Morgan fingerprint density at radius 2 is 1.64 bits per heavy atom. The summed E-state index contributed by atoms with van der Waals surface area (Å²) in [5.74, 6) is -0.251. The maximum Gasteiger partial charge on any atom is 0.250 e. The summed E-state index contributed by atoms with van der Waals surface area (Å²) in [6.45, 7) is 0.576. The third-order valence-electron chi connectivity index (χ3n) is 3.77. The summed E-state index contributed by atoms with van der Waals surface area (Å²) in [7, 11) is 0. The summed E-state index contributed by atoms with van der Waals surface area (Å²) in [5.41, 5.74) is 2.10. The summed E-state index contributed by atoms with van der Waals surface area (Å²) < 4.78 is 0. The number of hydrogen-bond donors (Lipinski definition) is 2. The molecule has 0 unspecified atom stereocenters. The molecule has 3 aromatic carbocycles. The molecule has 0 atom stereocenters. The molecule has 0 aliphatic rings. The van der Waals surface area contributed by atoms with Crippen molar-refractivity contribution in [1.82, 2.24) is 10.6 Å². The normalized spacial score (nSPS) is 10.7. The van der Waals surface area contributed by atoms with Gasteiger partial charge in [0.2, 0.25) is 5.91 Å². The van der Waals surface area contributed by atoms with Crippen molar-refractivity contribution in [2.75, 3.05) is 0 Å². The van der Waals surface area contributed by atoms with Crippen molar-refractivity contribution in [1.29, 1.82) is 0 Å². The summed E-state index contributed by atoms with van der Waals surface area (Å²) >= 11 is 5.16. The van der Waals surface area contributed by atoms with E-state index in [4.69, 9.17) is 12.2 Å². The third-order valence-corrected chi connectivity index (χ3v) is 4.02. The van der Waals surface area contributed by atoms with Crippen LogP contribution in [0, 0.1) is 0 Å². The molecule has 2 N–H and O–H groups in total. The minimum Gasteiger partial charge on any atom is -0.358 e. The second-order valence-electron chi connectivity index (χ2n) is 5.56. The van der Waals surface area contributed by atoms with Gasteiger partial charge in [-0.2, -0.15) is 0 Å². The largest absolute Gasteiger partial charge is 0.358 e. The van der Waals surface area contributed by atoms with Crippen LogP contribution in [0.5, 0.6) is 0 Å². The van der Waals surface area contributed by atoms with Crippen LogP contribution in [0.1, 0.15) is 11.1 Å². The van der Waals surface area contributed by atoms with Gasteiger partial charge in [-0.15, -0.1) is 0 Å². The van der Waals surface area contributed by atoms with E-state index in [0.29, 0.717) is 11.7 Å². The van der Waals surface area contributed by atoms with Crippen molar-refractivity contribution < 1.29 is 4.79 Å². The lowest BCUT2D eigenvalue weighted by molar-refractivity contribution is -0.115. The van der Waals surface area contributed by atoms with Gasteiger partial charge in [-0.3, -0.25) is 10.1 Å². The Labute approximate surface area is 152 Å². The molecule has 0 bridgehead atoms. The highest BCUT2D eigenvalue weighted by Gasteiger charge is 2.02. The second kappa shape index (κ2) is 8.22. The highest BCUT2D eigenvalue weighted by atomic mass is 32.1. The van der Waals surface area contributed by atoms with Crippen molar-refractivity contribution in [3.8, 4) is 0 Å². The van der Waals surface area contributed by atoms with Crippen LogP contribution in [-0.4, -0.2) is 11.0 Å². The molecule has 0 fully saturated rings. The minimum atomic E-state index is -0.251. The average Bonchev–Trinajstić information content (AvgIpc) is 2.65. The number of benzene rings is 3. The van der Waals surface area contributed by atoms with Gasteiger partial charge in [0.15, 0.2) is 5.11 Å². The fourth-order valence-corrected chi connectivity index (χ4v) is 2.71. The van der Waals surface area contributed by atoms with Gasteiger partial charge in [0.1, 0.15) is 0 Å². The molecule has 3 aromatic rings. The number of fused-ring (bicyclic) bond motifs is 1. The van der Waals surface area contributed by atoms with Gasteiger partial charge in [-0.1, -0.05) is 72.8 Å². The molecule has 0 saturated carbocycles. The maximum absolute atomic E-state index is 12.0. The Kier molecular flexibility index (Phi) is 5.54. The lowest BCUT2D eigenvalue weighted by Gasteiger charge is -2.08. The first kappa shape index (κ1) is 16.9. The molecular formula is C21H18N2OS. The lowest BCUT2D eigenvalue weighted by atomic mass is 10.0. The molecule has 0 aliphatic heterocycles. The van der Waals surface area contributed by atoms with Crippen LogP contribution in [0.2, 0.25) is 0 Å². The van der Waals surface area contributed by atoms with E-state index in [1.54, 1.807) is 6.08 Å². The molecule has 3 rings (SSSR count). The predicted molar refractivity (Wildman–Crippen MR) is 107 cm³/mol. The number of carbonyl (C=O) groups excluding carboxylic acids is 1. The Balaban J connectivity index is 1.58. The molecule has 0 saturated heterocycles. The number of carbonyl (C=O) groups is 1. The molecule has 25 heavy (non-hydrogen) atoms. The van der Waals surface area contributed by atoms with E-state index >= 15 is 0 Å². The Morgan fingerprint density at radius 3 is 2.48 bits per heavy atom. The van der Waals surface area contributed by atoms with E-state index in [0.717, 1.165) is 21.9 Å². The van der Waals surface area contributed by atoms with Gasteiger partial charge in [0.25, 0.3) is 0 Å². The van der Waals surface area contributed by atoms with E-state index in [1.165, 1.54) is 6.08 Å². The number of nitrogens with one attached hydrogen (secondary N) is 2. The van der Waals surface area contributed by atoms with Gasteiger partial charge in [0, 0.05) is 12.6 Å². The van der Waals surface area contributed by atoms with E-state index in [-0.39, 0.29) is 5.91 Å². The molecular weight excluding hydrogens is 328 g/mol. The van der Waals surface area contributed by atoms with E-state index in [9.17, 15) is 4.79 Å². The SMILES string of the molecule is O=C(/C=C/c1cccc2ccccc12)NC(=S)NCc1ccccc1. The number of thiocarbonyl (C=S) groups is 1. The maximum atomic E-state index is 12.0. The van der Waals surface area contributed by atoms with Crippen molar-refractivity contribution >= 4 is 40.1 Å². The van der Waals surface area contributed by atoms with Gasteiger partial charge in [-0.25, -0.2) is 0 Å². The molecule has 0 aliphatic carbocycles. The summed E-state index contributed by atoms with van der Waals surface area (Å²) in [5, 5.41) is 8.26. The van der Waals surface area contributed by atoms with Crippen LogP contribution in [0.15, 0.2) is 78.9 Å². The molecule has 3 nitrogen and oxygen atoms in total. The molecule has 4 heteroatoms. The first-order valence-corrected chi connectivity index (χ1v) is 8.42. The monoisotopic (exact) mass is 346 g/mol. The third kappa shape index (κ3) is 4.75. The van der Waals surface area contributed by atoms with Crippen molar-refractivity contribution in [2.24, 2.45) is 0 Å². The predicted octanol–water partition coefficient (Wildman–Crippen LogP) is 4.04. The molecule has 1 amide bonds. The average molecular weight is 346 g/mol. The number of amides is 1. The van der Waals surface area contributed by atoms with Crippen molar-refractivity contribution in [2.45, 2.75) is 6.54 Å². The molecule has 0 radical (unpaired) electrons. The summed E-state index contributed by atoms with van der Waals surface area (Å²) in [6, 6.07) is 24.0. The summed E-state index contributed by atoms with van der Waals surface area (Å²) in [6.07, 6.45) is 3.30. The van der Waals surface area contributed by atoms with E-state index in [1.807, 2.05) is 60.7 Å². The molecule has 0 spiro atoms. The Morgan fingerprint density at radius 1 is 0.920 bits per heavy atom. The minimum absolute atomic E-state index is 0.251. The first-order valence-electron chi connectivity index (χ1n) is 8.01. The quantitative estimate of drug-likeness (QED) is 0.553. The van der Waals surface area contributed by atoms with Crippen LogP contribution in [0.3, 0.4) is 0 Å². The number of rotatable bonds is 4. The van der Waals surface area contributed by atoms with E-state index in [2.05, 4.69) is 22.8 Å². The zero-order chi connectivity index (χ0) is 17.5. The molecule has 124 valence electrons. The fraction of sp³-hybridized carbons (Fsp3) is 0.0476. The van der Waals surface area contributed by atoms with Gasteiger partial charge in [-0.05, 0) is 40.2 Å².